The molecule has 4 N–H and O–H groups in total. The molecule has 1 heterocycles. The van der Waals surface area contributed by atoms with Crippen LogP contribution in [0, 0.1) is 5.92 Å². The van der Waals surface area contributed by atoms with E-state index in [1.54, 1.807) is 0 Å². The lowest BCUT2D eigenvalue weighted by Crippen LogP contribution is -2.48. The van der Waals surface area contributed by atoms with Crippen molar-refractivity contribution in [1.82, 2.24) is 10.2 Å². The molecule has 2 amide bonds. The van der Waals surface area contributed by atoms with Crippen molar-refractivity contribution in [1.29, 1.82) is 0 Å². The number of nitrogens with two attached hydrogens (primary N) is 1. The molecule has 1 aliphatic heterocycles. The number of nitrogens with one attached hydrogen (secondary N) is 1. The van der Waals surface area contributed by atoms with E-state index < -0.39 is 6.04 Å². The highest BCUT2D eigenvalue weighted by atomic mass is 16.3. The zero-order valence-electron chi connectivity index (χ0n) is 12.5. The predicted molar refractivity (Wildman–Crippen MR) is 76.9 cm³/mol. The molecule has 0 aromatic carbocycles. The van der Waals surface area contributed by atoms with Gasteiger partial charge in [0.1, 0.15) is 0 Å². The first-order valence-electron chi connectivity index (χ1n) is 7.41. The minimum Gasteiger partial charge on any atom is -0.396 e. The first-order valence-corrected chi connectivity index (χ1v) is 7.41. The SMILES string of the molecule is CC(C)[C@H](N)C(=O)NCC(=O)N1CCCC1CCCO. The molecular formula is C14H27N3O3. The minimum atomic E-state index is -0.577. The standard InChI is InChI=1S/C14H27N3O3/c1-10(2)13(15)14(20)16-9-12(19)17-7-3-5-11(17)6-4-8-18/h10-11,13,18H,3-9,15H2,1-2H3,(H,16,20)/t11?,13-/m0/s1. The van der Waals surface area contributed by atoms with Gasteiger partial charge in [-0.15, -0.1) is 0 Å². The van der Waals surface area contributed by atoms with E-state index in [0.717, 1.165) is 25.8 Å². The molecule has 6 nitrogen and oxygen atoms in total. The Hall–Kier alpha value is -1.14. The highest BCUT2D eigenvalue weighted by Crippen LogP contribution is 2.21. The second-order valence-electron chi connectivity index (χ2n) is 5.74. The summed E-state index contributed by atoms with van der Waals surface area (Å²) in [6.07, 6.45) is 3.49. The van der Waals surface area contributed by atoms with Gasteiger partial charge in [-0.25, -0.2) is 0 Å². The van der Waals surface area contributed by atoms with E-state index in [4.69, 9.17) is 10.8 Å². The molecule has 1 aliphatic rings. The van der Waals surface area contributed by atoms with Gasteiger partial charge >= 0.3 is 0 Å². The number of carbonyl (C=O) groups excluding carboxylic acids is 2. The van der Waals surface area contributed by atoms with Gasteiger partial charge in [-0.05, 0) is 31.6 Å². The fourth-order valence-corrected chi connectivity index (χ4v) is 2.48. The van der Waals surface area contributed by atoms with Crippen LogP contribution >= 0.6 is 0 Å². The van der Waals surface area contributed by atoms with Gasteiger partial charge in [-0.1, -0.05) is 13.8 Å². The molecule has 1 unspecified atom stereocenters. The molecule has 0 saturated carbocycles. The Balaban J connectivity index is 2.40. The van der Waals surface area contributed by atoms with E-state index in [-0.39, 0.29) is 36.9 Å². The molecule has 20 heavy (non-hydrogen) atoms. The van der Waals surface area contributed by atoms with Crippen molar-refractivity contribution in [3.63, 3.8) is 0 Å². The maximum Gasteiger partial charge on any atom is 0.242 e. The highest BCUT2D eigenvalue weighted by Gasteiger charge is 2.28. The number of carbonyl (C=O) groups is 2. The van der Waals surface area contributed by atoms with Crippen molar-refractivity contribution in [2.75, 3.05) is 19.7 Å². The number of amides is 2. The zero-order chi connectivity index (χ0) is 15.1. The number of likely N-dealkylation sites (tertiary alicyclic amines) is 1. The third kappa shape index (κ3) is 4.76. The van der Waals surface area contributed by atoms with Gasteiger partial charge in [-0.2, -0.15) is 0 Å². The van der Waals surface area contributed by atoms with Crippen LogP contribution in [0.5, 0.6) is 0 Å². The molecule has 6 heteroatoms. The molecule has 0 bridgehead atoms. The van der Waals surface area contributed by atoms with Crippen molar-refractivity contribution in [2.45, 2.75) is 51.6 Å². The van der Waals surface area contributed by atoms with Crippen LogP contribution in [0.25, 0.3) is 0 Å². The minimum absolute atomic E-state index is 0.00881. The second-order valence-corrected chi connectivity index (χ2v) is 5.74. The van der Waals surface area contributed by atoms with Crippen molar-refractivity contribution in [3.8, 4) is 0 Å². The average Bonchev–Trinajstić information content (AvgIpc) is 2.89. The van der Waals surface area contributed by atoms with Crippen LogP contribution in [0.4, 0.5) is 0 Å². The Bertz CT molecular complexity index is 334. The molecule has 116 valence electrons. The topological polar surface area (TPSA) is 95.7 Å². The summed E-state index contributed by atoms with van der Waals surface area (Å²) in [5.74, 6) is -0.289. The van der Waals surface area contributed by atoms with Gasteiger partial charge in [0, 0.05) is 19.2 Å². The number of rotatable bonds is 7. The van der Waals surface area contributed by atoms with Crippen LogP contribution in [-0.4, -0.2) is 53.6 Å². The molecule has 0 aliphatic carbocycles. The molecule has 0 aromatic rings. The Morgan fingerprint density at radius 2 is 2.15 bits per heavy atom. The van der Waals surface area contributed by atoms with Crippen molar-refractivity contribution < 1.29 is 14.7 Å². The summed E-state index contributed by atoms with van der Waals surface area (Å²) >= 11 is 0. The Morgan fingerprint density at radius 3 is 2.75 bits per heavy atom. The van der Waals surface area contributed by atoms with Gasteiger partial charge in [0.05, 0.1) is 12.6 Å². The molecule has 0 radical (unpaired) electrons. The molecular weight excluding hydrogens is 258 g/mol. The maximum absolute atomic E-state index is 12.1. The van der Waals surface area contributed by atoms with Crippen LogP contribution in [-0.2, 0) is 9.59 Å². The smallest absolute Gasteiger partial charge is 0.242 e. The average molecular weight is 285 g/mol. The summed E-state index contributed by atoms with van der Waals surface area (Å²) in [5.41, 5.74) is 5.73. The van der Waals surface area contributed by atoms with Gasteiger partial charge in [0.2, 0.25) is 11.8 Å². The number of hydrogen-bond donors (Lipinski definition) is 3. The van der Waals surface area contributed by atoms with E-state index >= 15 is 0 Å². The van der Waals surface area contributed by atoms with E-state index in [9.17, 15) is 9.59 Å². The lowest BCUT2D eigenvalue weighted by Gasteiger charge is -2.25. The monoisotopic (exact) mass is 285 g/mol. The van der Waals surface area contributed by atoms with Crippen LogP contribution in [0.3, 0.4) is 0 Å². The number of aliphatic hydroxyl groups excluding tert-OH is 1. The first kappa shape index (κ1) is 16.9. The predicted octanol–water partition coefficient (Wildman–Crippen LogP) is -0.151. The molecule has 1 fully saturated rings. The van der Waals surface area contributed by atoms with Crippen molar-refractivity contribution in [3.05, 3.63) is 0 Å². The fraction of sp³-hybridized carbons (Fsp3) is 0.857. The lowest BCUT2D eigenvalue weighted by atomic mass is 10.1. The first-order chi connectivity index (χ1) is 9.47. The van der Waals surface area contributed by atoms with Crippen LogP contribution < -0.4 is 11.1 Å². The fourth-order valence-electron chi connectivity index (χ4n) is 2.48. The summed E-state index contributed by atoms with van der Waals surface area (Å²) in [6.45, 7) is 4.64. The third-order valence-corrected chi connectivity index (χ3v) is 3.83. The normalized spacial score (nSPS) is 20.2. The summed E-state index contributed by atoms with van der Waals surface area (Å²) in [7, 11) is 0. The Kier molecular flexibility index (Phi) is 6.95. The lowest BCUT2D eigenvalue weighted by molar-refractivity contribution is -0.134. The van der Waals surface area contributed by atoms with Crippen LogP contribution in [0.2, 0.25) is 0 Å². The summed E-state index contributed by atoms with van der Waals surface area (Å²) in [6, 6.07) is -0.378. The van der Waals surface area contributed by atoms with Crippen LogP contribution in [0.1, 0.15) is 39.5 Å². The quantitative estimate of drug-likeness (QED) is 0.606. The van der Waals surface area contributed by atoms with E-state index in [1.807, 2.05) is 18.7 Å². The maximum atomic E-state index is 12.1. The molecule has 0 spiro atoms. The van der Waals surface area contributed by atoms with Gasteiger partial charge in [0.25, 0.3) is 0 Å². The molecule has 1 rings (SSSR count). The Labute approximate surface area is 120 Å². The zero-order valence-corrected chi connectivity index (χ0v) is 12.5. The van der Waals surface area contributed by atoms with Gasteiger partial charge < -0.3 is 21.1 Å². The van der Waals surface area contributed by atoms with E-state index in [0.29, 0.717) is 6.42 Å². The number of aliphatic hydroxyl groups is 1. The largest absolute Gasteiger partial charge is 0.396 e. The number of nitrogens with zero attached hydrogens (tertiary/aromatic N) is 1. The summed E-state index contributed by atoms with van der Waals surface area (Å²) < 4.78 is 0. The van der Waals surface area contributed by atoms with Crippen molar-refractivity contribution >= 4 is 11.8 Å². The molecule has 1 saturated heterocycles. The van der Waals surface area contributed by atoms with E-state index in [1.165, 1.54) is 0 Å². The van der Waals surface area contributed by atoms with Gasteiger partial charge in [0.15, 0.2) is 0 Å². The number of hydrogen-bond acceptors (Lipinski definition) is 4. The second kappa shape index (κ2) is 8.21. The van der Waals surface area contributed by atoms with Crippen molar-refractivity contribution in [2.24, 2.45) is 11.7 Å². The summed E-state index contributed by atoms with van der Waals surface area (Å²) in [4.78, 5) is 25.7. The van der Waals surface area contributed by atoms with Gasteiger partial charge in [-0.3, -0.25) is 9.59 Å². The summed E-state index contributed by atoms with van der Waals surface area (Å²) in [5, 5.41) is 11.5. The molecule has 0 aromatic heterocycles. The third-order valence-electron chi connectivity index (χ3n) is 3.83. The Morgan fingerprint density at radius 1 is 1.45 bits per heavy atom. The van der Waals surface area contributed by atoms with Crippen LogP contribution in [0.15, 0.2) is 0 Å². The highest BCUT2D eigenvalue weighted by molar-refractivity contribution is 5.87. The molecule has 2 atom stereocenters. The van der Waals surface area contributed by atoms with E-state index in [2.05, 4.69) is 5.32 Å².